The Bertz CT molecular complexity index is 143. The van der Waals surface area contributed by atoms with Gasteiger partial charge in [0.05, 0.1) is 0 Å². The predicted octanol–water partition coefficient (Wildman–Crippen LogP) is 1.74. The Labute approximate surface area is 66.1 Å². The van der Waals surface area contributed by atoms with Crippen molar-refractivity contribution in [1.82, 2.24) is 5.32 Å². The van der Waals surface area contributed by atoms with Gasteiger partial charge in [0.25, 0.3) is 0 Å². The minimum absolute atomic E-state index is 0.00199. The topological polar surface area (TPSA) is 29.1 Å². The van der Waals surface area contributed by atoms with Gasteiger partial charge in [-0.25, -0.2) is 0 Å². The molecule has 0 aromatic carbocycles. The first-order chi connectivity index (χ1) is 4.70. The Morgan fingerprint density at radius 3 is 2.60 bits per heavy atom. The summed E-state index contributed by atoms with van der Waals surface area (Å²) in [6.07, 6.45) is 2.85. The molecule has 0 atom stereocenters. The number of hydrogen-bond donors (Lipinski definition) is 1. The van der Waals surface area contributed by atoms with Gasteiger partial charge in [0.2, 0.25) is 5.91 Å². The molecule has 0 unspecified atom stereocenters. The number of hydrogen-bond acceptors (Lipinski definition) is 2. The molecule has 1 amide bonds. The summed E-state index contributed by atoms with van der Waals surface area (Å²) in [5, 5.41) is 4.68. The lowest BCUT2D eigenvalue weighted by atomic mass is 10.4. The number of thioether (sulfide) groups is 1. The molecule has 3 heteroatoms. The Kier molecular flexibility index (Phi) is 5.12. The first-order valence-electron chi connectivity index (χ1n) is 3.20. The van der Waals surface area contributed by atoms with E-state index >= 15 is 0 Å². The first kappa shape index (κ1) is 9.56. The van der Waals surface area contributed by atoms with Crippen LogP contribution in [0.5, 0.6) is 0 Å². The van der Waals surface area contributed by atoms with E-state index in [1.807, 2.05) is 18.6 Å². The normalized spacial score (nSPS) is 11.3. The van der Waals surface area contributed by atoms with Crippen LogP contribution in [0.1, 0.15) is 20.3 Å². The maximum atomic E-state index is 10.5. The van der Waals surface area contributed by atoms with E-state index in [0.717, 1.165) is 12.1 Å². The van der Waals surface area contributed by atoms with E-state index in [1.165, 1.54) is 6.92 Å². The molecule has 0 bridgehead atoms. The minimum Gasteiger partial charge on any atom is -0.330 e. The summed E-state index contributed by atoms with van der Waals surface area (Å²) >= 11 is 1.60. The average molecular weight is 159 g/mol. The highest BCUT2D eigenvalue weighted by atomic mass is 32.2. The highest BCUT2D eigenvalue weighted by Gasteiger charge is 1.93. The molecule has 0 saturated carbocycles. The van der Waals surface area contributed by atoms with Gasteiger partial charge in [-0.3, -0.25) is 4.79 Å². The highest BCUT2D eigenvalue weighted by Crippen LogP contribution is 2.03. The number of nitrogens with one attached hydrogen (secondary N) is 1. The van der Waals surface area contributed by atoms with Crippen LogP contribution in [0.3, 0.4) is 0 Å². The van der Waals surface area contributed by atoms with Crippen LogP contribution in [-0.2, 0) is 4.79 Å². The molecule has 0 aromatic rings. The standard InChI is InChI=1S/C7H13NOS/c1-4-7(5-10-3)8-6(2)9/h5H,4H2,1-3H3,(H,8,9)/b7-5+. The minimum atomic E-state index is 0.00199. The predicted molar refractivity (Wildman–Crippen MR) is 45.7 cm³/mol. The molecule has 10 heavy (non-hydrogen) atoms. The van der Waals surface area contributed by atoms with Crippen molar-refractivity contribution < 1.29 is 4.79 Å². The lowest BCUT2D eigenvalue weighted by Crippen LogP contribution is -2.18. The third kappa shape index (κ3) is 4.44. The fourth-order valence-electron chi connectivity index (χ4n) is 0.570. The number of amides is 1. The Hall–Kier alpha value is -0.440. The van der Waals surface area contributed by atoms with Crippen LogP contribution in [0.15, 0.2) is 11.1 Å². The van der Waals surface area contributed by atoms with Crippen LogP contribution in [0.25, 0.3) is 0 Å². The van der Waals surface area contributed by atoms with Crippen LogP contribution in [-0.4, -0.2) is 12.2 Å². The van der Waals surface area contributed by atoms with Gasteiger partial charge in [0.1, 0.15) is 0 Å². The summed E-state index contributed by atoms with van der Waals surface area (Å²) in [5.74, 6) is 0.00199. The molecule has 0 fully saturated rings. The van der Waals surface area contributed by atoms with E-state index in [-0.39, 0.29) is 5.91 Å². The second-order valence-electron chi connectivity index (χ2n) is 1.91. The second kappa shape index (κ2) is 5.35. The van der Waals surface area contributed by atoms with E-state index in [4.69, 9.17) is 0 Å². The molecule has 0 radical (unpaired) electrons. The van der Waals surface area contributed by atoms with Gasteiger partial charge in [-0.15, -0.1) is 11.8 Å². The zero-order valence-corrected chi connectivity index (χ0v) is 7.42. The molecule has 0 aromatic heterocycles. The molecule has 58 valence electrons. The molecule has 0 spiro atoms. The smallest absolute Gasteiger partial charge is 0.221 e. The van der Waals surface area contributed by atoms with E-state index in [9.17, 15) is 4.79 Å². The molecule has 0 aliphatic rings. The van der Waals surface area contributed by atoms with Gasteiger partial charge < -0.3 is 5.32 Å². The average Bonchev–Trinajstić information content (AvgIpc) is 1.86. The summed E-state index contributed by atoms with van der Waals surface area (Å²) in [6.45, 7) is 3.53. The number of rotatable bonds is 3. The quantitative estimate of drug-likeness (QED) is 0.679. The Balaban J connectivity index is 3.83. The van der Waals surface area contributed by atoms with Crippen molar-refractivity contribution in [3.8, 4) is 0 Å². The van der Waals surface area contributed by atoms with Crippen LogP contribution >= 0.6 is 11.8 Å². The molecular formula is C7H13NOS. The molecular weight excluding hydrogens is 146 g/mol. The van der Waals surface area contributed by atoms with E-state index in [0.29, 0.717) is 0 Å². The number of carbonyl (C=O) groups excluding carboxylic acids is 1. The van der Waals surface area contributed by atoms with Crippen molar-refractivity contribution in [2.45, 2.75) is 20.3 Å². The Morgan fingerprint density at radius 2 is 2.30 bits per heavy atom. The van der Waals surface area contributed by atoms with Crippen molar-refractivity contribution in [2.75, 3.05) is 6.26 Å². The summed E-state index contributed by atoms with van der Waals surface area (Å²) < 4.78 is 0. The third-order valence-corrected chi connectivity index (χ3v) is 1.50. The van der Waals surface area contributed by atoms with Gasteiger partial charge in [-0.2, -0.15) is 0 Å². The summed E-state index contributed by atoms with van der Waals surface area (Å²) in [4.78, 5) is 10.5. The maximum Gasteiger partial charge on any atom is 0.221 e. The van der Waals surface area contributed by atoms with Crippen molar-refractivity contribution in [1.29, 1.82) is 0 Å². The molecule has 0 heterocycles. The SMILES string of the molecule is CC/C(=C\SC)NC(C)=O. The molecule has 1 N–H and O–H groups in total. The van der Waals surface area contributed by atoms with Gasteiger partial charge in [0, 0.05) is 12.6 Å². The summed E-state index contributed by atoms with van der Waals surface area (Å²) in [7, 11) is 0. The molecule has 0 saturated heterocycles. The van der Waals surface area contributed by atoms with Crippen molar-refractivity contribution in [3.63, 3.8) is 0 Å². The highest BCUT2D eigenvalue weighted by molar-refractivity contribution is 8.01. The fourth-order valence-corrected chi connectivity index (χ4v) is 1.08. The van der Waals surface area contributed by atoms with Crippen molar-refractivity contribution in [2.24, 2.45) is 0 Å². The van der Waals surface area contributed by atoms with E-state index in [1.54, 1.807) is 11.8 Å². The van der Waals surface area contributed by atoms with Gasteiger partial charge >= 0.3 is 0 Å². The van der Waals surface area contributed by atoms with Gasteiger partial charge in [0.15, 0.2) is 0 Å². The van der Waals surface area contributed by atoms with Gasteiger partial charge in [-0.05, 0) is 18.1 Å². The lowest BCUT2D eigenvalue weighted by molar-refractivity contribution is -0.118. The maximum absolute atomic E-state index is 10.5. The Morgan fingerprint density at radius 1 is 1.70 bits per heavy atom. The number of allylic oxidation sites excluding steroid dienone is 1. The largest absolute Gasteiger partial charge is 0.330 e. The van der Waals surface area contributed by atoms with Crippen molar-refractivity contribution in [3.05, 3.63) is 11.1 Å². The second-order valence-corrected chi connectivity index (χ2v) is 2.62. The zero-order valence-electron chi connectivity index (χ0n) is 6.60. The third-order valence-electron chi connectivity index (χ3n) is 0.978. The molecule has 0 aliphatic heterocycles. The van der Waals surface area contributed by atoms with Crippen LogP contribution < -0.4 is 5.32 Å². The first-order valence-corrected chi connectivity index (χ1v) is 4.49. The van der Waals surface area contributed by atoms with Crippen LogP contribution in [0.2, 0.25) is 0 Å². The monoisotopic (exact) mass is 159 g/mol. The summed E-state index contributed by atoms with van der Waals surface area (Å²) in [5.41, 5.74) is 0.986. The molecule has 2 nitrogen and oxygen atoms in total. The molecule has 0 aliphatic carbocycles. The fraction of sp³-hybridized carbons (Fsp3) is 0.571. The zero-order chi connectivity index (χ0) is 7.98. The van der Waals surface area contributed by atoms with Crippen LogP contribution in [0, 0.1) is 0 Å². The van der Waals surface area contributed by atoms with E-state index in [2.05, 4.69) is 5.32 Å². The van der Waals surface area contributed by atoms with Crippen molar-refractivity contribution >= 4 is 17.7 Å². The van der Waals surface area contributed by atoms with E-state index < -0.39 is 0 Å². The number of carbonyl (C=O) groups is 1. The van der Waals surface area contributed by atoms with Crippen LogP contribution in [0.4, 0.5) is 0 Å². The lowest BCUT2D eigenvalue weighted by Gasteiger charge is -2.02. The summed E-state index contributed by atoms with van der Waals surface area (Å²) in [6, 6.07) is 0. The molecule has 0 rings (SSSR count). The van der Waals surface area contributed by atoms with Gasteiger partial charge in [-0.1, -0.05) is 6.92 Å².